The second kappa shape index (κ2) is 9.28. The fraction of sp³-hybridized carbons (Fsp3) is 1.00. The van der Waals surface area contributed by atoms with Crippen LogP contribution in [0.2, 0.25) is 0 Å². The Morgan fingerprint density at radius 1 is 1.43 bits per heavy atom. The molecule has 0 spiro atoms. The van der Waals surface area contributed by atoms with E-state index in [2.05, 4.69) is 0 Å². The van der Waals surface area contributed by atoms with Crippen molar-refractivity contribution >= 4 is 0 Å². The molecule has 0 aromatic heterocycles. The van der Waals surface area contributed by atoms with Crippen molar-refractivity contribution < 1.29 is 21.2 Å². The SMILES string of the molecule is CC(O)CO.O.O. The molecule has 0 aromatic rings. The molecule has 0 rings (SSSR count). The molecule has 48 valence electrons. The van der Waals surface area contributed by atoms with Crippen LogP contribution in [-0.4, -0.2) is 33.9 Å². The highest BCUT2D eigenvalue weighted by Gasteiger charge is 1.83. The fourth-order valence-corrected chi connectivity index (χ4v) is 0. The molecule has 0 heterocycles. The van der Waals surface area contributed by atoms with Gasteiger partial charge in [0.05, 0.1) is 12.7 Å². The van der Waals surface area contributed by atoms with Crippen LogP contribution in [0.3, 0.4) is 0 Å². The minimum absolute atomic E-state index is 0. The molecule has 0 aliphatic heterocycles. The first kappa shape index (κ1) is 15.8. The Morgan fingerprint density at radius 2 is 1.57 bits per heavy atom. The molecule has 1 unspecified atom stereocenters. The van der Waals surface area contributed by atoms with Crippen LogP contribution >= 0.6 is 0 Å². The molecule has 0 radical (unpaired) electrons. The molecule has 0 bridgehead atoms. The number of aliphatic hydroxyl groups excluding tert-OH is 2. The van der Waals surface area contributed by atoms with E-state index in [1.54, 1.807) is 0 Å². The predicted octanol–water partition coefficient (Wildman–Crippen LogP) is -2.29. The quantitative estimate of drug-likeness (QED) is 0.398. The Hall–Kier alpha value is -0.160. The van der Waals surface area contributed by atoms with Gasteiger partial charge >= 0.3 is 0 Å². The lowest BCUT2D eigenvalue weighted by Crippen LogP contribution is -2.03. The summed E-state index contributed by atoms with van der Waals surface area (Å²) in [7, 11) is 0. The van der Waals surface area contributed by atoms with Crippen molar-refractivity contribution in [1.82, 2.24) is 0 Å². The molecule has 7 heavy (non-hydrogen) atoms. The van der Waals surface area contributed by atoms with Gasteiger partial charge in [0.15, 0.2) is 0 Å². The lowest BCUT2D eigenvalue weighted by atomic mass is 10.5. The number of aliphatic hydroxyl groups is 2. The second-order valence-corrected chi connectivity index (χ2v) is 1.03. The van der Waals surface area contributed by atoms with Gasteiger partial charge in [-0.15, -0.1) is 0 Å². The first-order valence-corrected chi connectivity index (χ1v) is 1.56. The zero-order chi connectivity index (χ0) is 4.28. The summed E-state index contributed by atoms with van der Waals surface area (Å²) < 4.78 is 0. The monoisotopic (exact) mass is 112 g/mol. The zero-order valence-corrected chi connectivity index (χ0v) is 4.18. The van der Waals surface area contributed by atoms with Gasteiger partial charge in [0, 0.05) is 0 Å². The number of hydrogen-bond donors (Lipinski definition) is 2. The molecule has 0 fully saturated rings. The molecule has 0 amide bonds. The van der Waals surface area contributed by atoms with E-state index in [4.69, 9.17) is 10.2 Å². The normalized spacial score (nSPS) is 10.7. The third-order valence-corrected chi connectivity index (χ3v) is 0.264. The van der Waals surface area contributed by atoms with E-state index in [0.29, 0.717) is 0 Å². The van der Waals surface area contributed by atoms with Crippen LogP contribution in [-0.2, 0) is 0 Å². The van der Waals surface area contributed by atoms with E-state index < -0.39 is 6.10 Å². The van der Waals surface area contributed by atoms with Crippen molar-refractivity contribution in [3.05, 3.63) is 0 Å². The highest BCUT2D eigenvalue weighted by Crippen LogP contribution is 1.68. The first-order chi connectivity index (χ1) is 2.27. The zero-order valence-electron chi connectivity index (χ0n) is 4.18. The minimum Gasteiger partial charge on any atom is -0.412 e. The topological polar surface area (TPSA) is 103 Å². The summed E-state index contributed by atoms with van der Waals surface area (Å²) in [5, 5.41) is 16.0. The van der Waals surface area contributed by atoms with Gasteiger partial charge in [-0.05, 0) is 6.92 Å². The molecule has 4 nitrogen and oxygen atoms in total. The largest absolute Gasteiger partial charge is 0.412 e. The van der Waals surface area contributed by atoms with Crippen LogP contribution in [0.15, 0.2) is 0 Å². The van der Waals surface area contributed by atoms with Crippen LogP contribution in [0.25, 0.3) is 0 Å². The van der Waals surface area contributed by atoms with Crippen molar-refractivity contribution in [3.8, 4) is 0 Å². The Bertz CT molecular complexity index is 20.9. The van der Waals surface area contributed by atoms with E-state index >= 15 is 0 Å². The Morgan fingerprint density at radius 3 is 1.57 bits per heavy atom. The van der Waals surface area contributed by atoms with Crippen LogP contribution in [0, 0.1) is 0 Å². The van der Waals surface area contributed by atoms with Crippen LogP contribution < -0.4 is 0 Å². The molecule has 0 aliphatic carbocycles. The highest BCUT2D eigenvalue weighted by atomic mass is 16.3. The van der Waals surface area contributed by atoms with Gasteiger partial charge in [-0.25, -0.2) is 0 Å². The van der Waals surface area contributed by atoms with Gasteiger partial charge in [0.25, 0.3) is 0 Å². The summed E-state index contributed by atoms with van der Waals surface area (Å²) in [6.45, 7) is 1.39. The van der Waals surface area contributed by atoms with E-state index in [0.717, 1.165) is 0 Å². The Kier molecular flexibility index (Phi) is 21.0. The Balaban J connectivity index is -0.0000000800. The van der Waals surface area contributed by atoms with Crippen molar-refractivity contribution in [1.29, 1.82) is 0 Å². The molecule has 6 N–H and O–H groups in total. The summed E-state index contributed by atoms with van der Waals surface area (Å²) in [5.74, 6) is 0. The molecule has 0 aliphatic rings. The lowest BCUT2D eigenvalue weighted by molar-refractivity contribution is 0.110. The van der Waals surface area contributed by atoms with Gasteiger partial charge in [0.1, 0.15) is 0 Å². The minimum atomic E-state index is -0.560. The molecule has 0 saturated heterocycles. The van der Waals surface area contributed by atoms with E-state index in [1.165, 1.54) is 6.92 Å². The molecule has 0 saturated carbocycles. The maximum Gasteiger partial charge on any atom is 0.0742 e. The summed E-state index contributed by atoms with van der Waals surface area (Å²) >= 11 is 0. The van der Waals surface area contributed by atoms with Gasteiger partial charge in [-0.1, -0.05) is 0 Å². The summed E-state index contributed by atoms with van der Waals surface area (Å²) in [5.41, 5.74) is 0. The van der Waals surface area contributed by atoms with Crippen LogP contribution in [0.1, 0.15) is 6.92 Å². The van der Waals surface area contributed by atoms with Crippen LogP contribution in [0.5, 0.6) is 0 Å². The van der Waals surface area contributed by atoms with E-state index in [-0.39, 0.29) is 17.6 Å². The average molecular weight is 112 g/mol. The lowest BCUT2D eigenvalue weighted by Gasteiger charge is -1.90. The highest BCUT2D eigenvalue weighted by molar-refractivity contribution is 4.33. The van der Waals surface area contributed by atoms with E-state index in [1.807, 2.05) is 0 Å². The smallest absolute Gasteiger partial charge is 0.0742 e. The average Bonchev–Trinajstić information content (AvgIpc) is 1.38. The Labute approximate surface area is 42.0 Å². The van der Waals surface area contributed by atoms with Crippen LogP contribution in [0.4, 0.5) is 0 Å². The number of rotatable bonds is 1. The standard InChI is InChI=1S/C3H8O2.2H2O/c1-3(5)2-4;;/h3-5H,2H2,1H3;2*1H2. The third kappa shape index (κ3) is 25.4. The fourth-order valence-electron chi connectivity index (χ4n) is 0. The van der Waals surface area contributed by atoms with Gasteiger partial charge < -0.3 is 21.2 Å². The molecule has 1 atom stereocenters. The van der Waals surface area contributed by atoms with E-state index in [9.17, 15) is 0 Å². The summed E-state index contributed by atoms with van der Waals surface area (Å²) in [6.07, 6.45) is -0.560. The van der Waals surface area contributed by atoms with Gasteiger partial charge in [-0.3, -0.25) is 0 Å². The molecule has 4 heteroatoms. The third-order valence-electron chi connectivity index (χ3n) is 0.264. The summed E-state index contributed by atoms with van der Waals surface area (Å²) in [4.78, 5) is 0. The van der Waals surface area contributed by atoms with Crippen molar-refractivity contribution in [2.45, 2.75) is 13.0 Å². The molecule has 0 aromatic carbocycles. The predicted molar refractivity (Wildman–Crippen MR) is 26.0 cm³/mol. The maximum atomic E-state index is 8.11. The summed E-state index contributed by atoms with van der Waals surface area (Å²) in [6, 6.07) is 0. The van der Waals surface area contributed by atoms with Crippen molar-refractivity contribution in [2.75, 3.05) is 6.61 Å². The molecular formula is C3H12O4. The molecular weight excluding hydrogens is 100 g/mol. The van der Waals surface area contributed by atoms with Gasteiger partial charge in [0.2, 0.25) is 0 Å². The van der Waals surface area contributed by atoms with Crippen molar-refractivity contribution in [2.24, 2.45) is 0 Å². The second-order valence-electron chi connectivity index (χ2n) is 1.03. The number of hydrogen-bond acceptors (Lipinski definition) is 2. The van der Waals surface area contributed by atoms with Crippen molar-refractivity contribution in [3.63, 3.8) is 0 Å². The van der Waals surface area contributed by atoms with Gasteiger partial charge in [-0.2, -0.15) is 0 Å². The first-order valence-electron chi connectivity index (χ1n) is 1.56. The maximum absolute atomic E-state index is 8.11.